The molecular weight excluding hydrogens is 378 g/mol. The molecule has 0 aromatic carbocycles. The van der Waals surface area contributed by atoms with Crippen LogP contribution in [0.25, 0.3) is 0 Å². The summed E-state index contributed by atoms with van der Waals surface area (Å²) in [7, 11) is 0. The molecule has 24 heavy (non-hydrogen) atoms. The second kappa shape index (κ2) is 8.64. The van der Waals surface area contributed by atoms with Gasteiger partial charge in [-0.05, 0) is 61.7 Å². The van der Waals surface area contributed by atoms with E-state index in [-0.39, 0.29) is 6.61 Å². The first kappa shape index (κ1) is 20.7. The Bertz CT molecular complexity index is 523. The minimum atomic E-state index is -1.22. The molecule has 1 fully saturated rings. The van der Waals surface area contributed by atoms with E-state index in [4.69, 9.17) is 10.8 Å². The number of piperidine rings is 1. The first-order valence-electron chi connectivity index (χ1n) is 7.73. The van der Waals surface area contributed by atoms with Crippen molar-refractivity contribution in [2.45, 2.75) is 44.8 Å². The van der Waals surface area contributed by atoms with Crippen LogP contribution in [0.5, 0.6) is 0 Å². The number of pyridine rings is 1. The number of carbonyl (C=O) groups is 1. The van der Waals surface area contributed by atoms with Gasteiger partial charge >= 0.3 is 6.16 Å². The Kier molecular flexibility index (Phi) is 7.44. The first-order valence-corrected chi connectivity index (χ1v) is 8.52. The predicted octanol–water partition coefficient (Wildman–Crippen LogP) is 2.61. The van der Waals surface area contributed by atoms with Crippen LogP contribution in [-0.4, -0.2) is 52.2 Å². The van der Waals surface area contributed by atoms with Gasteiger partial charge in [-0.15, -0.1) is 0 Å². The average Bonchev–Trinajstić information content (AvgIpc) is 2.47. The zero-order chi connectivity index (χ0) is 18.4. The van der Waals surface area contributed by atoms with E-state index in [0.717, 1.165) is 36.2 Å². The number of ether oxygens (including phenoxy) is 1. The number of nitrogens with two attached hydrogens (primary N) is 1. The number of hydrogen-bond donors (Lipinski definition) is 3. The van der Waals surface area contributed by atoms with Gasteiger partial charge in [-0.25, -0.2) is 9.78 Å². The maximum Gasteiger partial charge on any atom is 0.506 e. The Hall–Kier alpha value is -1.38. The Morgan fingerprint density at radius 2 is 2.00 bits per heavy atom. The Morgan fingerprint density at radius 1 is 1.42 bits per heavy atom. The fraction of sp³-hybridized carbons (Fsp3) is 0.625. The SMILES string of the molecule is CC(C)(C)OC(=O)O.NC1(CO)CCN(c2ccc(Br)cn2)CC1. The zero-order valence-corrected chi connectivity index (χ0v) is 15.9. The van der Waals surface area contributed by atoms with Gasteiger partial charge < -0.3 is 25.6 Å². The van der Waals surface area contributed by atoms with Gasteiger partial charge in [-0.2, -0.15) is 0 Å². The van der Waals surface area contributed by atoms with Crippen LogP contribution in [0.1, 0.15) is 33.6 Å². The number of anilines is 1. The summed E-state index contributed by atoms with van der Waals surface area (Å²) in [5.74, 6) is 0.975. The molecule has 0 unspecified atom stereocenters. The molecule has 1 aromatic heterocycles. The topological polar surface area (TPSA) is 109 Å². The van der Waals surface area contributed by atoms with Crippen molar-refractivity contribution in [1.29, 1.82) is 0 Å². The molecule has 2 rings (SSSR count). The zero-order valence-electron chi connectivity index (χ0n) is 14.3. The molecule has 7 nitrogen and oxygen atoms in total. The molecule has 0 saturated carbocycles. The van der Waals surface area contributed by atoms with Crippen molar-refractivity contribution in [3.63, 3.8) is 0 Å². The lowest BCUT2D eigenvalue weighted by Crippen LogP contribution is -2.53. The molecule has 8 heteroatoms. The predicted molar refractivity (Wildman–Crippen MR) is 96.3 cm³/mol. The Morgan fingerprint density at radius 3 is 2.33 bits per heavy atom. The number of rotatable bonds is 2. The van der Waals surface area contributed by atoms with Crippen molar-refractivity contribution < 1.29 is 19.7 Å². The molecule has 0 spiro atoms. The summed E-state index contributed by atoms with van der Waals surface area (Å²) in [4.78, 5) is 16.3. The summed E-state index contributed by atoms with van der Waals surface area (Å²) >= 11 is 3.36. The summed E-state index contributed by atoms with van der Waals surface area (Å²) < 4.78 is 5.34. The average molecular weight is 404 g/mol. The highest BCUT2D eigenvalue weighted by Gasteiger charge is 2.30. The van der Waals surface area contributed by atoms with E-state index in [0.29, 0.717) is 0 Å². The maximum absolute atomic E-state index is 9.79. The standard InChI is InChI=1S/C11H16BrN3O.C5H10O3/c12-9-1-2-10(14-7-9)15-5-3-11(13,8-16)4-6-15;1-5(2,3)8-4(6)7/h1-2,7,16H,3-6,8,13H2;1-3H3,(H,6,7). The first-order chi connectivity index (χ1) is 11.0. The Labute approximate surface area is 150 Å². The van der Waals surface area contributed by atoms with Crippen LogP contribution in [0.15, 0.2) is 22.8 Å². The van der Waals surface area contributed by atoms with Gasteiger partial charge in [0.05, 0.1) is 6.61 Å². The number of aromatic nitrogens is 1. The smallest absolute Gasteiger partial charge is 0.450 e. The van der Waals surface area contributed by atoms with Crippen molar-refractivity contribution in [3.05, 3.63) is 22.8 Å². The van der Waals surface area contributed by atoms with E-state index < -0.39 is 17.3 Å². The van der Waals surface area contributed by atoms with E-state index in [1.54, 1.807) is 27.0 Å². The van der Waals surface area contributed by atoms with Crippen LogP contribution < -0.4 is 10.6 Å². The highest BCUT2D eigenvalue weighted by molar-refractivity contribution is 9.10. The fourth-order valence-electron chi connectivity index (χ4n) is 2.16. The van der Waals surface area contributed by atoms with Gasteiger partial charge in [-0.3, -0.25) is 0 Å². The third kappa shape index (κ3) is 7.46. The minimum Gasteiger partial charge on any atom is -0.450 e. The van der Waals surface area contributed by atoms with Gasteiger partial charge in [0.2, 0.25) is 0 Å². The third-order valence-electron chi connectivity index (χ3n) is 3.50. The van der Waals surface area contributed by atoms with Crippen molar-refractivity contribution in [2.24, 2.45) is 5.73 Å². The molecule has 1 aromatic rings. The largest absolute Gasteiger partial charge is 0.506 e. The maximum atomic E-state index is 9.79. The molecule has 0 bridgehead atoms. The number of aliphatic hydroxyl groups is 1. The van der Waals surface area contributed by atoms with Crippen LogP contribution in [0.2, 0.25) is 0 Å². The molecule has 1 saturated heterocycles. The van der Waals surface area contributed by atoms with Crippen LogP contribution in [0.3, 0.4) is 0 Å². The van der Waals surface area contributed by atoms with Gasteiger partial charge in [0.25, 0.3) is 0 Å². The molecule has 1 aliphatic rings. The lowest BCUT2D eigenvalue weighted by molar-refractivity contribution is 0.0150. The summed E-state index contributed by atoms with van der Waals surface area (Å²) in [5.41, 5.74) is 5.04. The lowest BCUT2D eigenvalue weighted by atomic mass is 9.89. The quantitative estimate of drug-likeness (QED) is 0.650. The van der Waals surface area contributed by atoms with E-state index in [1.165, 1.54) is 0 Å². The van der Waals surface area contributed by atoms with Crippen LogP contribution in [0.4, 0.5) is 10.6 Å². The molecule has 1 aliphatic heterocycles. The van der Waals surface area contributed by atoms with Crippen molar-refractivity contribution in [3.8, 4) is 0 Å². The molecule has 0 radical (unpaired) electrons. The second-order valence-corrected chi connectivity index (χ2v) is 7.74. The normalized spacial score (nSPS) is 16.8. The van der Waals surface area contributed by atoms with Crippen molar-refractivity contribution in [2.75, 3.05) is 24.6 Å². The number of hydrogen-bond acceptors (Lipinski definition) is 6. The Balaban J connectivity index is 0.000000307. The number of carboxylic acid groups (broad SMARTS) is 1. The minimum absolute atomic E-state index is 0.0641. The molecule has 136 valence electrons. The molecule has 0 atom stereocenters. The third-order valence-corrected chi connectivity index (χ3v) is 3.97. The summed E-state index contributed by atoms with van der Waals surface area (Å²) in [6.45, 7) is 6.81. The lowest BCUT2D eigenvalue weighted by Gasteiger charge is -2.38. The highest BCUT2D eigenvalue weighted by Crippen LogP contribution is 2.23. The fourth-order valence-corrected chi connectivity index (χ4v) is 2.39. The molecule has 0 aliphatic carbocycles. The van der Waals surface area contributed by atoms with Crippen molar-refractivity contribution >= 4 is 27.9 Å². The molecule has 0 amide bonds. The van der Waals surface area contributed by atoms with Gasteiger partial charge in [0, 0.05) is 29.3 Å². The van der Waals surface area contributed by atoms with Gasteiger partial charge in [0.15, 0.2) is 0 Å². The van der Waals surface area contributed by atoms with E-state index in [2.05, 4.69) is 30.6 Å². The van der Waals surface area contributed by atoms with Crippen molar-refractivity contribution in [1.82, 2.24) is 4.98 Å². The van der Waals surface area contributed by atoms with Gasteiger partial charge in [0.1, 0.15) is 11.4 Å². The number of aliphatic hydroxyl groups excluding tert-OH is 1. The van der Waals surface area contributed by atoms with Crippen LogP contribution in [-0.2, 0) is 4.74 Å². The van der Waals surface area contributed by atoms with Crippen LogP contribution >= 0.6 is 15.9 Å². The molecular formula is C16H26BrN3O4. The van der Waals surface area contributed by atoms with E-state index in [9.17, 15) is 9.90 Å². The number of nitrogens with zero attached hydrogens (tertiary/aromatic N) is 2. The van der Waals surface area contributed by atoms with Crippen LogP contribution in [0, 0.1) is 0 Å². The van der Waals surface area contributed by atoms with E-state index in [1.807, 2.05) is 12.1 Å². The molecule has 4 N–H and O–H groups in total. The second-order valence-electron chi connectivity index (χ2n) is 6.82. The highest BCUT2D eigenvalue weighted by atomic mass is 79.9. The summed E-state index contributed by atoms with van der Waals surface area (Å²) in [6, 6.07) is 3.98. The monoisotopic (exact) mass is 403 g/mol. The molecule has 2 heterocycles. The number of halogens is 1. The van der Waals surface area contributed by atoms with E-state index >= 15 is 0 Å². The van der Waals surface area contributed by atoms with Gasteiger partial charge in [-0.1, -0.05) is 0 Å². The summed E-state index contributed by atoms with van der Waals surface area (Å²) in [5, 5.41) is 17.2. The summed E-state index contributed by atoms with van der Waals surface area (Å²) in [6.07, 6.45) is 2.19.